The van der Waals surface area contributed by atoms with Crippen LogP contribution in [0.2, 0.25) is 0 Å². The van der Waals surface area contributed by atoms with Crippen molar-refractivity contribution in [2.24, 2.45) is 0 Å². The number of piperidine rings is 1. The zero-order valence-electron chi connectivity index (χ0n) is 10.1. The maximum absolute atomic E-state index is 11.8. The van der Waals surface area contributed by atoms with Crippen LogP contribution in [0.5, 0.6) is 0 Å². The molecule has 0 bridgehead atoms. The standard InChI is InChI=1S/C10H20N2O4S/c1-17(15,16)12-7-3-2-5-9(12)10(14)11-6-4-8-13/h9,13H,2-8H2,1H3,(H,11,14). The second-order valence-corrected chi connectivity index (χ2v) is 6.19. The van der Waals surface area contributed by atoms with Gasteiger partial charge in [0.2, 0.25) is 15.9 Å². The van der Waals surface area contributed by atoms with Gasteiger partial charge in [-0.05, 0) is 19.3 Å². The van der Waals surface area contributed by atoms with Gasteiger partial charge in [-0.3, -0.25) is 4.79 Å². The van der Waals surface area contributed by atoms with Crippen molar-refractivity contribution in [3.05, 3.63) is 0 Å². The summed E-state index contributed by atoms with van der Waals surface area (Å²) >= 11 is 0. The summed E-state index contributed by atoms with van der Waals surface area (Å²) in [6.45, 7) is 0.807. The molecule has 6 nitrogen and oxygen atoms in total. The molecule has 0 radical (unpaired) electrons. The Kier molecular flexibility index (Phi) is 5.35. The molecule has 0 saturated carbocycles. The highest BCUT2D eigenvalue weighted by atomic mass is 32.2. The fourth-order valence-corrected chi connectivity index (χ4v) is 3.10. The first-order valence-electron chi connectivity index (χ1n) is 5.82. The summed E-state index contributed by atoms with van der Waals surface area (Å²) < 4.78 is 24.3. The number of nitrogens with zero attached hydrogens (tertiary/aromatic N) is 1. The molecule has 1 aliphatic rings. The maximum Gasteiger partial charge on any atom is 0.238 e. The second-order valence-electron chi connectivity index (χ2n) is 4.25. The first kappa shape index (κ1) is 14.4. The number of hydrogen-bond acceptors (Lipinski definition) is 4. The summed E-state index contributed by atoms with van der Waals surface area (Å²) in [6.07, 6.45) is 3.85. The van der Waals surface area contributed by atoms with E-state index in [-0.39, 0.29) is 12.5 Å². The van der Waals surface area contributed by atoms with Crippen LogP contribution in [-0.2, 0) is 14.8 Å². The summed E-state index contributed by atoms with van der Waals surface area (Å²) in [5, 5.41) is 11.3. The Morgan fingerprint density at radius 2 is 2.18 bits per heavy atom. The lowest BCUT2D eigenvalue weighted by Gasteiger charge is -2.32. The minimum absolute atomic E-state index is 0.0146. The van der Waals surface area contributed by atoms with E-state index in [4.69, 9.17) is 5.11 Å². The van der Waals surface area contributed by atoms with Gasteiger partial charge >= 0.3 is 0 Å². The summed E-state index contributed by atoms with van der Waals surface area (Å²) in [5.41, 5.74) is 0. The molecule has 1 amide bonds. The minimum atomic E-state index is -3.33. The molecule has 0 aromatic heterocycles. The highest BCUT2D eigenvalue weighted by Crippen LogP contribution is 2.19. The molecule has 1 saturated heterocycles. The number of carbonyl (C=O) groups excluding carboxylic acids is 1. The molecular weight excluding hydrogens is 244 g/mol. The summed E-state index contributed by atoms with van der Waals surface area (Å²) in [5.74, 6) is -0.261. The molecule has 0 spiro atoms. The van der Waals surface area contributed by atoms with Crippen molar-refractivity contribution in [1.82, 2.24) is 9.62 Å². The van der Waals surface area contributed by atoms with Gasteiger partial charge in [0.05, 0.1) is 6.26 Å². The number of sulfonamides is 1. The number of nitrogens with one attached hydrogen (secondary N) is 1. The predicted molar refractivity (Wildman–Crippen MR) is 63.9 cm³/mol. The monoisotopic (exact) mass is 264 g/mol. The first-order valence-corrected chi connectivity index (χ1v) is 7.67. The zero-order valence-corrected chi connectivity index (χ0v) is 10.9. The number of amides is 1. The Hall–Kier alpha value is -0.660. The SMILES string of the molecule is CS(=O)(=O)N1CCCCC1C(=O)NCCCO. The number of aliphatic hydroxyl groups is 1. The molecule has 0 aromatic carbocycles. The van der Waals surface area contributed by atoms with E-state index in [1.165, 1.54) is 4.31 Å². The van der Waals surface area contributed by atoms with E-state index in [1.54, 1.807) is 0 Å². The quantitative estimate of drug-likeness (QED) is 0.643. The molecule has 0 aliphatic carbocycles. The molecule has 2 N–H and O–H groups in total. The van der Waals surface area contributed by atoms with Crippen molar-refractivity contribution in [3.63, 3.8) is 0 Å². The van der Waals surface area contributed by atoms with Gasteiger partial charge in [-0.1, -0.05) is 6.42 Å². The summed E-state index contributed by atoms with van der Waals surface area (Å²) in [7, 11) is -3.33. The molecule has 1 fully saturated rings. The second kappa shape index (κ2) is 6.32. The molecule has 1 heterocycles. The molecule has 1 aliphatic heterocycles. The van der Waals surface area contributed by atoms with Gasteiger partial charge in [0.1, 0.15) is 6.04 Å². The number of aliphatic hydroxyl groups excluding tert-OH is 1. The van der Waals surface area contributed by atoms with E-state index in [0.717, 1.165) is 19.1 Å². The number of carbonyl (C=O) groups is 1. The molecular formula is C10H20N2O4S. The van der Waals surface area contributed by atoms with Crippen LogP contribution in [0.1, 0.15) is 25.7 Å². The normalized spacial score (nSPS) is 22.4. The average molecular weight is 264 g/mol. The van der Waals surface area contributed by atoms with Crippen LogP contribution in [0.4, 0.5) is 0 Å². The largest absolute Gasteiger partial charge is 0.396 e. The van der Waals surface area contributed by atoms with Crippen LogP contribution in [0.15, 0.2) is 0 Å². The van der Waals surface area contributed by atoms with Crippen LogP contribution >= 0.6 is 0 Å². The maximum atomic E-state index is 11.8. The smallest absolute Gasteiger partial charge is 0.238 e. The Bertz CT molecular complexity index is 355. The Labute approximate surface area is 102 Å². The van der Waals surface area contributed by atoms with Gasteiger partial charge in [-0.15, -0.1) is 0 Å². The van der Waals surface area contributed by atoms with Crippen LogP contribution in [-0.4, -0.2) is 55.7 Å². The van der Waals surface area contributed by atoms with E-state index in [1.807, 2.05) is 0 Å². The fraction of sp³-hybridized carbons (Fsp3) is 0.900. The molecule has 0 aromatic rings. The first-order chi connectivity index (χ1) is 7.96. The third-order valence-corrected chi connectivity index (χ3v) is 4.11. The predicted octanol–water partition coefficient (Wildman–Crippen LogP) is -0.701. The Balaban J connectivity index is 2.62. The molecule has 1 unspecified atom stereocenters. The van der Waals surface area contributed by atoms with Crippen LogP contribution in [0.3, 0.4) is 0 Å². The third kappa shape index (κ3) is 4.25. The lowest BCUT2D eigenvalue weighted by Crippen LogP contribution is -2.51. The van der Waals surface area contributed by atoms with Crippen molar-refractivity contribution in [2.75, 3.05) is 26.0 Å². The van der Waals surface area contributed by atoms with Crippen molar-refractivity contribution in [1.29, 1.82) is 0 Å². The molecule has 1 atom stereocenters. The molecule has 1 rings (SSSR count). The van der Waals surface area contributed by atoms with E-state index >= 15 is 0 Å². The molecule has 17 heavy (non-hydrogen) atoms. The zero-order chi connectivity index (χ0) is 12.9. The van der Waals surface area contributed by atoms with Crippen molar-refractivity contribution < 1.29 is 18.3 Å². The molecule has 100 valence electrons. The number of hydrogen-bond donors (Lipinski definition) is 2. The van der Waals surface area contributed by atoms with E-state index in [2.05, 4.69) is 5.32 Å². The Morgan fingerprint density at radius 3 is 2.76 bits per heavy atom. The Morgan fingerprint density at radius 1 is 1.47 bits per heavy atom. The lowest BCUT2D eigenvalue weighted by atomic mass is 10.0. The highest BCUT2D eigenvalue weighted by Gasteiger charge is 2.33. The van der Waals surface area contributed by atoms with Crippen LogP contribution < -0.4 is 5.32 Å². The van der Waals surface area contributed by atoms with E-state index in [9.17, 15) is 13.2 Å². The van der Waals surface area contributed by atoms with Crippen LogP contribution in [0, 0.1) is 0 Å². The van der Waals surface area contributed by atoms with Gasteiger partial charge in [0.15, 0.2) is 0 Å². The summed E-state index contributed by atoms with van der Waals surface area (Å²) in [4.78, 5) is 11.8. The van der Waals surface area contributed by atoms with Gasteiger partial charge in [0.25, 0.3) is 0 Å². The number of rotatable bonds is 5. The van der Waals surface area contributed by atoms with E-state index in [0.29, 0.717) is 25.9 Å². The summed E-state index contributed by atoms with van der Waals surface area (Å²) in [6, 6.07) is -0.586. The van der Waals surface area contributed by atoms with Gasteiger partial charge < -0.3 is 10.4 Å². The fourth-order valence-electron chi connectivity index (χ4n) is 1.97. The van der Waals surface area contributed by atoms with E-state index < -0.39 is 16.1 Å². The van der Waals surface area contributed by atoms with Gasteiger partial charge in [0, 0.05) is 19.7 Å². The van der Waals surface area contributed by atoms with Gasteiger partial charge in [-0.25, -0.2) is 8.42 Å². The van der Waals surface area contributed by atoms with Crippen molar-refractivity contribution >= 4 is 15.9 Å². The topological polar surface area (TPSA) is 86.7 Å². The van der Waals surface area contributed by atoms with Crippen molar-refractivity contribution in [2.45, 2.75) is 31.7 Å². The third-order valence-electron chi connectivity index (χ3n) is 2.82. The average Bonchev–Trinajstić information content (AvgIpc) is 2.28. The highest BCUT2D eigenvalue weighted by molar-refractivity contribution is 7.88. The van der Waals surface area contributed by atoms with Crippen LogP contribution in [0.25, 0.3) is 0 Å². The lowest BCUT2D eigenvalue weighted by molar-refractivity contribution is -0.125. The van der Waals surface area contributed by atoms with Gasteiger partial charge in [-0.2, -0.15) is 4.31 Å². The van der Waals surface area contributed by atoms with Crippen molar-refractivity contribution in [3.8, 4) is 0 Å². The molecule has 7 heteroatoms. The minimum Gasteiger partial charge on any atom is -0.396 e.